The molecule has 2 aliphatic carbocycles. The minimum Gasteiger partial charge on any atom is -0.398 e. The van der Waals surface area contributed by atoms with Crippen molar-refractivity contribution in [2.24, 2.45) is 0 Å². The van der Waals surface area contributed by atoms with Gasteiger partial charge in [0.25, 0.3) is 0 Å². The zero-order chi connectivity index (χ0) is 14.4. The Kier molecular flexibility index (Phi) is 3.00. The molecule has 0 aromatic heterocycles. The molecule has 0 radical (unpaired) electrons. The first-order valence-electron chi connectivity index (χ1n) is 7.56. The lowest BCUT2D eigenvalue weighted by molar-refractivity contribution is 0.586. The molecule has 0 spiro atoms. The van der Waals surface area contributed by atoms with Gasteiger partial charge in [-0.2, -0.15) is 0 Å². The molecule has 4 rings (SSSR count). The van der Waals surface area contributed by atoms with Crippen molar-refractivity contribution in [2.75, 3.05) is 5.73 Å². The number of nitrogens with two attached hydrogens (primary N) is 1. The van der Waals surface area contributed by atoms with E-state index in [0.29, 0.717) is 12.1 Å². The van der Waals surface area contributed by atoms with Gasteiger partial charge in [-0.3, -0.25) is 0 Å². The third-order valence-electron chi connectivity index (χ3n) is 4.44. The van der Waals surface area contributed by atoms with Gasteiger partial charge >= 0.3 is 0 Å². The Labute approximate surface area is 129 Å². The summed E-state index contributed by atoms with van der Waals surface area (Å²) in [6, 6.07) is 11.5. The van der Waals surface area contributed by atoms with Gasteiger partial charge in [-0.15, -0.1) is 0 Å². The Morgan fingerprint density at radius 3 is 2.67 bits per heavy atom. The van der Waals surface area contributed by atoms with Crippen LogP contribution in [0.5, 0.6) is 0 Å². The number of thiocarbonyl (C=S) groups is 1. The lowest BCUT2D eigenvalue weighted by Gasteiger charge is -2.28. The molecule has 2 aliphatic rings. The molecule has 0 amide bonds. The highest BCUT2D eigenvalue weighted by Crippen LogP contribution is 2.33. The van der Waals surface area contributed by atoms with Gasteiger partial charge < -0.3 is 16.4 Å². The lowest BCUT2D eigenvalue weighted by Crippen LogP contribution is -2.45. The molecular formula is C17H19N3S. The Morgan fingerprint density at radius 1 is 1.05 bits per heavy atom. The fraction of sp³-hybridized carbons (Fsp3) is 0.353. The third kappa shape index (κ3) is 2.44. The summed E-state index contributed by atoms with van der Waals surface area (Å²) in [5.41, 5.74) is 9.73. The van der Waals surface area contributed by atoms with E-state index < -0.39 is 0 Å². The predicted molar refractivity (Wildman–Crippen MR) is 91.4 cm³/mol. The SMILES string of the molecule is Nc1ccc2cccc3c2c1CC(NC(=S)NC1CC1)C3. The number of hydrogen-bond donors (Lipinski definition) is 3. The molecule has 0 bridgehead atoms. The van der Waals surface area contributed by atoms with Crippen LogP contribution in [0.25, 0.3) is 10.8 Å². The first-order chi connectivity index (χ1) is 10.2. The average molecular weight is 297 g/mol. The second-order valence-corrected chi connectivity index (χ2v) is 6.55. The van der Waals surface area contributed by atoms with Crippen molar-refractivity contribution in [1.82, 2.24) is 10.6 Å². The van der Waals surface area contributed by atoms with Crippen LogP contribution in [0.4, 0.5) is 5.69 Å². The molecule has 1 fully saturated rings. The van der Waals surface area contributed by atoms with Gasteiger partial charge in [0.1, 0.15) is 0 Å². The largest absolute Gasteiger partial charge is 0.398 e. The maximum absolute atomic E-state index is 6.21. The highest BCUT2D eigenvalue weighted by atomic mass is 32.1. The number of hydrogen-bond acceptors (Lipinski definition) is 2. The zero-order valence-electron chi connectivity index (χ0n) is 11.9. The van der Waals surface area contributed by atoms with Crippen LogP contribution in [0, 0.1) is 0 Å². The number of anilines is 1. The van der Waals surface area contributed by atoms with Crippen molar-refractivity contribution in [1.29, 1.82) is 0 Å². The molecule has 1 saturated carbocycles. The molecule has 0 saturated heterocycles. The maximum atomic E-state index is 6.21. The number of nitrogens with one attached hydrogen (secondary N) is 2. The van der Waals surface area contributed by atoms with Crippen LogP contribution in [-0.2, 0) is 12.8 Å². The molecule has 2 aromatic rings. The predicted octanol–water partition coefficient (Wildman–Crippen LogP) is 2.52. The van der Waals surface area contributed by atoms with E-state index >= 15 is 0 Å². The summed E-state index contributed by atoms with van der Waals surface area (Å²) in [6.07, 6.45) is 4.41. The zero-order valence-corrected chi connectivity index (χ0v) is 12.7. The highest BCUT2D eigenvalue weighted by Gasteiger charge is 2.25. The summed E-state index contributed by atoms with van der Waals surface area (Å²) in [6.45, 7) is 0. The van der Waals surface area contributed by atoms with Crippen molar-refractivity contribution in [3.63, 3.8) is 0 Å². The average Bonchev–Trinajstić information content (AvgIpc) is 3.26. The molecule has 108 valence electrons. The van der Waals surface area contributed by atoms with Crippen LogP contribution in [0.15, 0.2) is 30.3 Å². The maximum Gasteiger partial charge on any atom is 0.166 e. The summed E-state index contributed by atoms with van der Waals surface area (Å²) in [7, 11) is 0. The molecular weight excluding hydrogens is 278 g/mol. The van der Waals surface area contributed by atoms with Crippen LogP contribution in [-0.4, -0.2) is 17.2 Å². The molecule has 3 nitrogen and oxygen atoms in total. The smallest absolute Gasteiger partial charge is 0.166 e. The summed E-state index contributed by atoms with van der Waals surface area (Å²) >= 11 is 5.41. The van der Waals surface area contributed by atoms with Gasteiger partial charge in [0.2, 0.25) is 0 Å². The van der Waals surface area contributed by atoms with Crippen molar-refractivity contribution in [2.45, 2.75) is 37.8 Å². The summed E-state index contributed by atoms with van der Waals surface area (Å²) in [5.74, 6) is 0. The van der Waals surface area contributed by atoms with E-state index in [4.69, 9.17) is 18.0 Å². The second-order valence-electron chi connectivity index (χ2n) is 6.15. The number of rotatable bonds is 2. The molecule has 2 aromatic carbocycles. The van der Waals surface area contributed by atoms with Crippen molar-refractivity contribution < 1.29 is 0 Å². The minimum atomic E-state index is 0.326. The molecule has 4 N–H and O–H groups in total. The van der Waals surface area contributed by atoms with E-state index in [1.54, 1.807) is 0 Å². The minimum absolute atomic E-state index is 0.326. The molecule has 0 aliphatic heterocycles. The Balaban J connectivity index is 1.62. The van der Waals surface area contributed by atoms with E-state index in [1.807, 2.05) is 6.07 Å². The van der Waals surface area contributed by atoms with Crippen LogP contribution < -0.4 is 16.4 Å². The number of benzene rings is 2. The summed E-state index contributed by atoms with van der Waals surface area (Å²) in [5, 5.41) is 10.2. The monoisotopic (exact) mass is 297 g/mol. The van der Waals surface area contributed by atoms with E-state index in [2.05, 4.69) is 34.9 Å². The second kappa shape index (κ2) is 4.88. The van der Waals surface area contributed by atoms with E-state index in [0.717, 1.165) is 23.6 Å². The Morgan fingerprint density at radius 2 is 1.86 bits per heavy atom. The quantitative estimate of drug-likeness (QED) is 0.589. The third-order valence-corrected chi connectivity index (χ3v) is 4.68. The van der Waals surface area contributed by atoms with Gasteiger partial charge in [0, 0.05) is 17.8 Å². The fourth-order valence-electron chi connectivity index (χ4n) is 3.27. The van der Waals surface area contributed by atoms with Gasteiger partial charge in [-0.1, -0.05) is 24.3 Å². The lowest BCUT2D eigenvalue weighted by atomic mass is 9.85. The standard InChI is InChI=1S/C17H19N3S/c18-15-7-4-10-2-1-3-11-8-13(9-14(15)16(10)11)20-17(21)19-12-5-6-12/h1-4,7,12-13H,5-6,8-9,18H2,(H2,19,20,21). The van der Waals surface area contributed by atoms with E-state index in [9.17, 15) is 0 Å². The van der Waals surface area contributed by atoms with Crippen molar-refractivity contribution >= 4 is 33.8 Å². The molecule has 4 heteroatoms. The highest BCUT2D eigenvalue weighted by molar-refractivity contribution is 7.80. The summed E-state index contributed by atoms with van der Waals surface area (Å²) < 4.78 is 0. The first-order valence-corrected chi connectivity index (χ1v) is 7.97. The Hall–Kier alpha value is -1.81. The molecule has 1 unspecified atom stereocenters. The van der Waals surface area contributed by atoms with Crippen LogP contribution >= 0.6 is 12.2 Å². The van der Waals surface area contributed by atoms with Crippen LogP contribution in [0.3, 0.4) is 0 Å². The van der Waals surface area contributed by atoms with Crippen molar-refractivity contribution in [3.05, 3.63) is 41.5 Å². The molecule has 21 heavy (non-hydrogen) atoms. The molecule has 0 heterocycles. The first kappa shape index (κ1) is 12.9. The van der Waals surface area contributed by atoms with Crippen LogP contribution in [0.2, 0.25) is 0 Å². The normalized spacial score (nSPS) is 20.3. The van der Waals surface area contributed by atoms with Crippen molar-refractivity contribution in [3.8, 4) is 0 Å². The van der Waals surface area contributed by atoms with Gasteiger partial charge in [0.05, 0.1) is 0 Å². The number of nitrogen functional groups attached to an aromatic ring is 1. The summed E-state index contributed by atoms with van der Waals surface area (Å²) in [4.78, 5) is 0. The molecule has 1 atom stereocenters. The topological polar surface area (TPSA) is 50.1 Å². The van der Waals surface area contributed by atoms with E-state index in [1.165, 1.54) is 34.7 Å². The van der Waals surface area contributed by atoms with Gasteiger partial charge in [0.15, 0.2) is 5.11 Å². The van der Waals surface area contributed by atoms with Gasteiger partial charge in [-0.25, -0.2) is 0 Å². The Bertz CT molecular complexity index is 721. The fourth-order valence-corrected chi connectivity index (χ4v) is 3.60. The van der Waals surface area contributed by atoms with Gasteiger partial charge in [-0.05, 0) is 65.9 Å². The van der Waals surface area contributed by atoms with Crippen LogP contribution in [0.1, 0.15) is 24.0 Å². The van der Waals surface area contributed by atoms with E-state index in [-0.39, 0.29) is 0 Å².